The van der Waals surface area contributed by atoms with Gasteiger partial charge in [-0.05, 0) is 0 Å². The molecule has 0 atom stereocenters. The van der Waals surface area contributed by atoms with E-state index < -0.39 is 20.0 Å². The number of primary sulfonamides is 2. The van der Waals surface area contributed by atoms with Crippen molar-refractivity contribution in [1.29, 1.82) is 0 Å². The van der Waals surface area contributed by atoms with E-state index in [0.717, 1.165) is 8.92 Å². The molecule has 14 heteroatoms. The Balaban J connectivity index is 1.47. The molecule has 206 valence electrons. The number of rotatable bonds is 9. The van der Waals surface area contributed by atoms with Crippen molar-refractivity contribution < 1.29 is 26.4 Å². The molecule has 4 aromatic carbocycles. The number of sulfonamides is 2. The van der Waals surface area contributed by atoms with Gasteiger partial charge in [0, 0.05) is 0 Å². The van der Waals surface area contributed by atoms with Crippen molar-refractivity contribution in [3.05, 3.63) is 108 Å². The molecule has 0 saturated carbocycles. The second-order valence-corrected chi connectivity index (χ2v) is 17.5. The molecule has 0 aliphatic rings. The third-order valence-corrected chi connectivity index (χ3v) is 14.5. The summed E-state index contributed by atoms with van der Waals surface area (Å²) in [5, 5.41) is 15.8. The maximum absolute atomic E-state index is 13.0. The molecule has 4 rings (SSSR count). The zero-order chi connectivity index (χ0) is 28.9. The van der Waals surface area contributed by atoms with Crippen LogP contribution in [0.4, 0.5) is 11.4 Å². The number of amides is 2. The average Bonchev–Trinajstić information content (AvgIpc) is 2.92. The fourth-order valence-electron chi connectivity index (χ4n) is 3.40. The normalized spacial score (nSPS) is 11.6. The van der Waals surface area contributed by atoms with E-state index in [1.54, 1.807) is 24.3 Å². The van der Waals surface area contributed by atoms with Crippen molar-refractivity contribution in [2.75, 3.05) is 10.6 Å². The Morgan fingerprint density at radius 3 is 1.18 bits per heavy atom. The van der Waals surface area contributed by atoms with Crippen molar-refractivity contribution in [1.82, 2.24) is 0 Å². The molecule has 0 fully saturated rings. The summed E-state index contributed by atoms with van der Waals surface area (Å²) in [7, 11) is -7.68. The third-order valence-electron chi connectivity index (χ3n) is 5.37. The number of carbonyl (C=O) groups is 2. The molecule has 2 amide bonds. The number of hydrogen-bond acceptors (Lipinski definition) is 6. The van der Waals surface area contributed by atoms with Gasteiger partial charge in [-0.1, -0.05) is 0 Å². The van der Waals surface area contributed by atoms with E-state index in [1.165, 1.54) is 48.5 Å². The number of hydrogen-bond donors (Lipinski definition) is 4. The van der Waals surface area contributed by atoms with Crippen LogP contribution in [0.5, 0.6) is 0 Å². The summed E-state index contributed by atoms with van der Waals surface area (Å²) in [6.07, 6.45) is 0. The van der Waals surface area contributed by atoms with Gasteiger partial charge in [0.2, 0.25) is 0 Å². The average molecular weight is 709 g/mol. The number of nitrogens with one attached hydrogen (secondary N) is 2. The molecule has 40 heavy (non-hydrogen) atoms. The summed E-state index contributed by atoms with van der Waals surface area (Å²) >= 11 is -0.322. The topological polar surface area (TPSA) is 179 Å². The van der Waals surface area contributed by atoms with Crippen molar-refractivity contribution in [3.63, 3.8) is 0 Å². The molecule has 0 aromatic heterocycles. The first kappa shape index (κ1) is 29.7. The van der Waals surface area contributed by atoms with Crippen molar-refractivity contribution in [3.8, 4) is 0 Å². The van der Waals surface area contributed by atoms with Crippen molar-refractivity contribution in [2.45, 2.75) is 9.79 Å². The monoisotopic (exact) mass is 710 g/mol. The molecule has 0 saturated heterocycles. The first-order valence-corrected chi connectivity index (χ1v) is 20.5. The minimum absolute atomic E-state index is 0.0554. The van der Waals surface area contributed by atoms with E-state index >= 15 is 0 Å². The molecular formula is C26H22N4O6S2Se2. The Bertz CT molecular complexity index is 1650. The van der Waals surface area contributed by atoms with Crippen molar-refractivity contribution in [2.24, 2.45) is 10.3 Å². The van der Waals surface area contributed by atoms with Crippen LogP contribution in [0.1, 0.15) is 20.7 Å². The second kappa shape index (κ2) is 12.5. The van der Waals surface area contributed by atoms with Crippen molar-refractivity contribution >= 4 is 78.4 Å². The molecule has 0 aliphatic heterocycles. The van der Waals surface area contributed by atoms with Gasteiger partial charge in [0.15, 0.2) is 0 Å². The van der Waals surface area contributed by atoms with E-state index in [1.807, 2.05) is 24.3 Å². The summed E-state index contributed by atoms with van der Waals surface area (Å²) in [6.45, 7) is 0. The van der Waals surface area contributed by atoms with Crippen LogP contribution in [-0.4, -0.2) is 54.9 Å². The second-order valence-electron chi connectivity index (χ2n) is 8.21. The quantitative estimate of drug-likeness (QED) is 0.187. The van der Waals surface area contributed by atoms with Crippen LogP contribution >= 0.6 is 0 Å². The van der Waals surface area contributed by atoms with E-state index in [2.05, 4.69) is 10.6 Å². The standard InChI is InChI=1S/C26H22N4O6S2Se2/c27-37(33,34)19-13-9-17(10-14-19)29-25(31)21-5-1-3-7-23(21)39-40-24-8-4-2-6-22(24)26(32)30-18-11-15-20(16-12-18)38(28,35)36/h1-16H,(H,29,31)(H,30,32)(H2,27,33,34)(H2,28,35,36). The van der Waals surface area contributed by atoms with Gasteiger partial charge in [-0.25, -0.2) is 0 Å². The van der Waals surface area contributed by atoms with Gasteiger partial charge < -0.3 is 0 Å². The molecule has 0 heterocycles. The minimum atomic E-state index is -3.84. The van der Waals surface area contributed by atoms with E-state index in [-0.39, 0.29) is 47.9 Å². The maximum atomic E-state index is 13.0. The Labute approximate surface area is 242 Å². The first-order chi connectivity index (χ1) is 18.9. The molecule has 0 spiro atoms. The van der Waals surface area contributed by atoms with Crippen LogP contribution in [0, 0.1) is 0 Å². The molecule has 0 unspecified atom stereocenters. The summed E-state index contributed by atoms with van der Waals surface area (Å²) in [4.78, 5) is 26.0. The molecule has 0 bridgehead atoms. The summed E-state index contributed by atoms with van der Waals surface area (Å²) in [6, 6.07) is 25.5. The molecule has 6 N–H and O–H groups in total. The van der Waals surface area contributed by atoms with Gasteiger partial charge >= 0.3 is 244 Å². The zero-order valence-electron chi connectivity index (χ0n) is 20.5. The molecule has 10 nitrogen and oxygen atoms in total. The van der Waals surface area contributed by atoms with Crippen LogP contribution in [0.3, 0.4) is 0 Å². The van der Waals surface area contributed by atoms with Gasteiger partial charge in [0.25, 0.3) is 0 Å². The molecule has 0 aliphatic carbocycles. The van der Waals surface area contributed by atoms with E-state index in [0.29, 0.717) is 22.5 Å². The first-order valence-electron chi connectivity index (χ1n) is 11.3. The number of nitrogens with two attached hydrogens (primary N) is 2. The van der Waals surface area contributed by atoms with E-state index in [9.17, 15) is 26.4 Å². The molecule has 4 aromatic rings. The Morgan fingerprint density at radius 1 is 0.525 bits per heavy atom. The summed E-state index contributed by atoms with van der Waals surface area (Å²) in [5.74, 6) is -0.684. The predicted octanol–water partition coefficient (Wildman–Crippen LogP) is 0.760. The Morgan fingerprint density at radius 2 is 0.850 bits per heavy atom. The van der Waals surface area contributed by atoms with E-state index in [4.69, 9.17) is 10.3 Å². The van der Waals surface area contributed by atoms with Gasteiger partial charge in [-0.2, -0.15) is 0 Å². The van der Waals surface area contributed by atoms with Crippen LogP contribution in [0.2, 0.25) is 0 Å². The van der Waals surface area contributed by atoms with Crippen LogP contribution in [0.25, 0.3) is 0 Å². The predicted molar refractivity (Wildman–Crippen MR) is 155 cm³/mol. The molecular weight excluding hydrogens is 686 g/mol. The zero-order valence-corrected chi connectivity index (χ0v) is 25.5. The van der Waals surface area contributed by atoms with Crippen LogP contribution < -0.4 is 29.8 Å². The third kappa shape index (κ3) is 7.66. The van der Waals surface area contributed by atoms with Crippen LogP contribution in [-0.2, 0) is 20.0 Å². The van der Waals surface area contributed by atoms with Gasteiger partial charge in [0.1, 0.15) is 0 Å². The van der Waals surface area contributed by atoms with Gasteiger partial charge in [0.05, 0.1) is 0 Å². The van der Waals surface area contributed by atoms with Gasteiger partial charge in [-0.15, -0.1) is 0 Å². The van der Waals surface area contributed by atoms with Gasteiger partial charge in [-0.3, -0.25) is 0 Å². The Kier molecular flexibility index (Phi) is 9.24. The number of carbonyl (C=O) groups excluding carboxylic acids is 2. The summed E-state index contributed by atoms with van der Waals surface area (Å²) < 4.78 is 47.6. The fraction of sp³-hybridized carbons (Fsp3) is 0. The number of anilines is 2. The fourth-order valence-corrected chi connectivity index (χ4v) is 11.5. The number of benzene rings is 4. The van der Waals surface area contributed by atoms with Crippen LogP contribution in [0.15, 0.2) is 107 Å². The SMILES string of the molecule is NS(=O)(=O)c1ccc(NC(=O)c2ccccc2[Se][Se]c2ccccc2C(=O)Nc2ccc(S(N)(=O)=O)cc2)cc1. The summed E-state index contributed by atoms with van der Waals surface area (Å²) in [5.41, 5.74) is 1.81. The Hall–Kier alpha value is -3.32. The molecule has 0 radical (unpaired) electrons.